The molecule has 0 amide bonds. The Bertz CT molecular complexity index is 1490. The zero-order chi connectivity index (χ0) is 40.5. The highest BCUT2D eigenvalue weighted by Gasteiger charge is 2.51. The molecule has 3 unspecified atom stereocenters. The second-order valence-corrected chi connectivity index (χ2v) is 28.3. The lowest BCUT2D eigenvalue weighted by Crippen LogP contribution is -2.67. The second kappa shape index (κ2) is 20.7. The largest absolute Gasteiger partial charge is 0.405 e. The average molecular weight is 807 g/mol. The first-order chi connectivity index (χ1) is 25.8. The van der Waals surface area contributed by atoms with Crippen molar-refractivity contribution in [1.29, 1.82) is 0 Å². The maximum absolute atomic E-state index is 15.1. The fraction of sp³-hybridized carbons (Fsp3) is 0.688. The van der Waals surface area contributed by atoms with Gasteiger partial charge in [-0.25, -0.2) is 0 Å². The number of rotatable bonds is 17. The monoisotopic (exact) mass is 807 g/mol. The summed E-state index contributed by atoms with van der Waals surface area (Å²) in [5.74, 6) is 2.72. The summed E-state index contributed by atoms with van der Waals surface area (Å²) >= 11 is 0. The highest BCUT2D eigenvalue weighted by molar-refractivity contribution is 6.99. The Morgan fingerprint density at radius 2 is 1.48 bits per heavy atom. The van der Waals surface area contributed by atoms with Gasteiger partial charge in [-0.15, -0.1) is 11.5 Å². The standard InChI is InChI=1S/C47H74O6Si2.CH4/c1-36(24-23-25-37(2)53-55(45(3,4)5,38-26-15-13-16-27-38)39-28-17-14-18-29-39)43(51-42-31-19-21-33-49-42)40(30-20-22-35-54(10,11)12)44(48)46(6,7)41-32-34-50-47(8,9)52-41;/h13-18,26-29,36-37,40-43H,19-21,23-25,30-34H2,1-12H3;1H4/t36-,37?,40+,41-,42?,43?;/m0./s1. The predicted octanol–water partition coefficient (Wildman–Crippen LogP) is 10.7. The van der Waals surface area contributed by atoms with Crippen LogP contribution in [0.5, 0.6) is 0 Å². The third-order valence-corrected chi connectivity index (χ3v) is 17.6. The minimum absolute atomic E-state index is 0. The molecule has 2 saturated heterocycles. The first-order valence-electron chi connectivity index (χ1n) is 21.2. The van der Waals surface area contributed by atoms with Crippen molar-refractivity contribution in [3.05, 3.63) is 60.7 Å². The number of ether oxygens (including phenoxy) is 4. The molecule has 2 aliphatic rings. The second-order valence-electron chi connectivity index (χ2n) is 19.3. The van der Waals surface area contributed by atoms with E-state index in [4.69, 9.17) is 23.4 Å². The Balaban J connectivity index is 0.00000841. The Morgan fingerprint density at radius 1 is 0.875 bits per heavy atom. The molecule has 56 heavy (non-hydrogen) atoms. The van der Waals surface area contributed by atoms with Crippen LogP contribution in [0.3, 0.4) is 0 Å². The number of carbonyl (C=O) groups is 1. The smallest absolute Gasteiger partial charge is 0.261 e. The van der Waals surface area contributed by atoms with Crippen LogP contribution in [0.25, 0.3) is 0 Å². The van der Waals surface area contributed by atoms with E-state index >= 15 is 4.79 Å². The van der Waals surface area contributed by atoms with E-state index in [0.29, 0.717) is 32.5 Å². The summed E-state index contributed by atoms with van der Waals surface area (Å²) in [4.78, 5) is 15.1. The molecule has 2 heterocycles. The van der Waals surface area contributed by atoms with Crippen LogP contribution in [0, 0.1) is 28.7 Å². The molecule has 0 saturated carbocycles. The number of ketones is 1. The molecule has 0 aliphatic carbocycles. The van der Waals surface area contributed by atoms with Gasteiger partial charge in [0.25, 0.3) is 8.32 Å². The molecule has 0 spiro atoms. The third kappa shape index (κ3) is 13.0. The molecule has 2 aromatic carbocycles. The number of benzene rings is 2. The van der Waals surface area contributed by atoms with Crippen LogP contribution < -0.4 is 10.4 Å². The predicted molar refractivity (Wildman–Crippen MR) is 239 cm³/mol. The molecular weight excluding hydrogens is 729 g/mol. The average Bonchev–Trinajstić information content (AvgIpc) is 3.12. The van der Waals surface area contributed by atoms with E-state index in [2.05, 4.69) is 140 Å². The quantitative estimate of drug-likeness (QED) is 0.117. The lowest BCUT2D eigenvalue weighted by atomic mass is 9.70. The number of hydrogen-bond donors (Lipinski definition) is 0. The van der Waals surface area contributed by atoms with Crippen LogP contribution in [-0.4, -0.2) is 65.8 Å². The number of hydrogen-bond acceptors (Lipinski definition) is 6. The van der Waals surface area contributed by atoms with Gasteiger partial charge in [0.15, 0.2) is 12.1 Å². The summed E-state index contributed by atoms with van der Waals surface area (Å²) in [6.45, 7) is 27.6. The molecule has 0 bridgehead atoms. The van der Waals surface area contributed by atoms with Crippen molar-refractivity contribution in [1.82, 2.24) is 0 Å². The van der Waals surface area contributed by atoms with Crippen LogP contribution in [0.2, 0.25) is 24.7 Å². The third-order valence-electron chi connectivity index (χ3n) is 11.5. The van der Waals surface area contributed by atoms with Gasteiger partial charge in [-0.05, 0) is 87.0 Å². The summed E-state index contributed by atoms with van der Waals surface area (Å²) in [5, 5.41) is 2.51. The fourth-order valence-corrected chi connectivity index (χ4v) is 13.9. The molecule has 8 heteroatoms. The lowest BCUT2D eigenvalue weighted by molar-refractivity contribution is -0.289. The molecule has 4 rings (SSSR count). The van der Waals surface area contributed by atoms with Crippen molar-refractivity contribution in [2.75, 3.05) is 13.2 Å². The van der Waals surface area contributed by atoms with Gasteiger partial charge in [0, 0.05) is 25.0 Å². The van der Waals surface area contributed by atoms with E-state index < -0.39 is 27.6 Å². The molecule has 6 nitrogen and oxygen atoms in total. The van der Waals surface area contributed by atoms with Gasteiger partial charge in [-0.3, -0.25) is 4.79 Å². The molecule has 2 aromatic rings. The van der Waals surface area contributed by atoms with Crippen LogP contribution in [0.15, 0.2) is 60.7 Å². The molecule has 314 valence electrons. The van der Waals surface area contributed by atoms with E-state index in [1.807, 2.05) is 13.8 Å². The van der Waals surface area contributed by atoms with Gasteiger partial charge in [-0.1, -0.05) is 136 Å². The maximum atomic E-state index is 15.1. The van der Waals surface area contributed by atoms with Crippen molar-refractivity contribution in [3.8, 4) is 11.5 Å². The van der Waals surface area contributed by atoms with E-state index in [9.17, 15) is 0 Å². The van der Waals surface area contributed by atoms with Gasteiger partial charge in [0.1, 0.15) is 13.9 Å². The van der Waals surface area contributed by atoms with Crippen LogP contribution in [0.4, 0.5) is 0 Å². The van der Waals surface area contributed by atoms with Gasteiger partial charge in [0.05, 0.1) is 24.2 Å². The summed E-state index contributed by atoms with van der Waals surface area (Å²) in [5.41, 5.74) is 2.81. The molecule has 0 radical (unpaired) electrons. The zero-order valence-corrected chi connectivity index (χ0v) is 38.5. The minimum atomic E-state index is -2.67. The summed E-state index contributed by atoms with van der Waals surface area (Å²) in [7, 11) is -4.23. The van der Waals surface area contributed by atoms with Crippen molar-refractivity contribution < 1.29 is 28.2 Å². The van der Waals surface area contributed by atoms with E-state index in [-0.39, 0.29) is 54.7 Å². The number of carbonyl (C=O) groups excluding carboxylic acids is 1. The fourth-order valence-electron chi connectivity index (χ4n) is 8.55. The first-order valence-corrected chi connectivity index (χ1v) is 26.6. The van der Waals surface area contributed by atoms with Crippen molar-refractivity contribution in [3.63, 3.8) is 0 Å². The van der Waals surface area contributed by atoms with Crippen molar-refractivity contribution in [2.24, 2.45) is 17.3 Å². The first kappa shape index (κ1) is 48.3. The van der Waals surface area contributed by atoms with Gasteiger partial charge >= 0.3 is 0 Å². The Hall–Kier alpha value is -2.10. The maximum Gasteiger partial charge on any atom is 0.261 e. The van der Waals surface area contributed by atoms with E-state index in [1.54, 1.807) is 0 Å². The summed E-state index contributed by atoms with van der Waals surface area (Å²) in [6.07, 6.45) is 6.94. The van der Waals surface area contributed by atoms with Gasteiger partial charge in [0.2, 0.25) is 0 Å². The Labute approximate surface area is 344 Å². The lowest BCUT2D eigenvalue weighted by Gasteiger charge is -2.45. The molecule has 0 N–H and O–H groups in total. The highest BCUT2D eigenvalue weighted by Crippen LogP contribution is 2.41. The van der Waals surface area contributed by atoms with Gasteiger partial charge in [-0.2, -0.15) is 0 Å². The van der Waals surface area contributed by atoms with Crippen molar-refractivity contribution in [2.45, 2.75) is 183 Å². The Kier molecular flexibility index (Phi) is 17.9. The zero-order valence-electron chi connectivity index (χ0n) is 36.5. The molecule has 2 fully saturated rings. The molecule has 2 aliphatic heterocycles. The van der Waals surface area contributed by atoms with Crippen LogP contribution in [-0.2, 0) is 28.2 Å². The van der Waals surface area contributed by atoms with E-state index in [1.165, 1.54) is 10.4 Å². The molecular formula is C48H78O6Si2. The molecule has 6 atom stereocenters. The van der Waals surface area contributed by atoms with E-state index in [0.717, 1.165) is 38.5 Å². The van der Waals surface area contributed by atoms with Crippen molar-refractivity contribution >= 4 is 32.5 Å². The minimum Gasteiger partial charge on any atom is -0.405 e. The normalized spacial score (nSPS) is 21.4. The number of Topliss-reactive ketones (excluding diaryl/α,β-unsaturated/α-hetero) is 1. The topological polar surface area (TPSA) is 63.2 Å². The van der Waals surface area contributed by atoms with Gasteiger partial charge < -0.3 is 23.4 Å². The SMILES string of the molecule is C.CC(CCC[C@H](C)C(OC1CCCCO1)[C@@H](CCC#C[Si](C)(C)C)C(=O)C(C)(C)[C@@H]1CCOC(C)(C)O1)O[Si](c1ccccc1)(c1ccccc1)C(C)(C)C. The summed E-state index contributed by atoms with van der Waals surface area (Å²) in [6, 6.07) is 21.8. The van der Waals surface area contributed by atoms with Crippen LogP contribution >= 0.6 is 0 Å². The summed E-state index contributed by atoms with van der Waals surface area (Å²) < 4.78 is 33.0. The van der Waals surface area contributed by atoms with Crippen LogP contribution in [0.1, 0.15) is 128 Å². The highest BCUT2D eigenvalue weighted by atomic mass is 28.4. The molecule has 0 aromatic heterocycles. The Morgan fingerprint density at radius 3 is 2.00 bits per heavy atom.